The predicted molar refractivity (Wildman–Crippen MR) is 92.9 cm³/mol. The average Bonchev–Trinajstić information content (AvgIpc) is 3.12. The number of nitrogens with zero attached hydrogens (tertiary/aromatic N) is 2. The van der Waals surface area contributed by atoms with Crippen LogP contribution < -0.4 is 5.32 Å². The van der Waals surface area contributed by atoms with Gasteiger partial charge in [-0.3, -0.25) is 4.79 Å². The molecule has 7 heteroatoms. The van der Waals surface area contributed by atoms with Gasteiger partial charge in [-0.25, -0.2) is 0 Å². The fourth-order valence-electron chi connectivity index (χ4n) is 2.23. The van der Waals surface area contributed by atoms with Crippen LogP contribution in [0, 0.1) is 0 Å². The van der Waals surface area contributed by atoms with Crippen LogP contribution in [0.5, 0.6) is 5.75 Å². The molecule has 0 bridgehead atoms. The van der Waals surface area contributed by atoms with Crippen LogP contribution in [0.2, 0.25) is 0 Å². The number of para-hydroxylation sites is 3. The van der Waals surface area contributed by atoms with Crippen LogP contribution in [0.3, 0.4) is 0 Å². The third kappa shape index (κ3) is 2.77. The van der Waals surface area contributed by atoms with Crippen LogP contribution in [0.1, 0.15) is 5.56 Å². The summed E-state index contributed by atoms with van der Waals surface area (Å²) in [6.07, 6.45) is 1.61. The van der Waals surface area contributed by atoms with Crippen molar-refractivity contribution in [3.8, 4) is 5.75 Å². The van der Waals surface area contributed by atoms with Gasteiger partial charge in [0, 0.05) is 5.56 Å². The first-order chi connectivity index (χ1) is 11.7. The summed E-state index contributed by atoms with van der Waals surface area (Å²) in [7, 11) is 0. The normalized spacial score (nSPS) is 17.8. The van der Waals surface area contributed by atoms with Crippen LogP contribution in [0.4, 0.5) is 6.01 Å². The summed E-state index contributed by atoms with van der Waals surface area (Å²) in [6, 6.07) is 14.3. The number of carbonyl (C=O) groups excluding carboxylic acids is 1. The van der Waals surface area contributed by atoms with E-state index in [0.29, 0.717) is 26.7 Å². The zero-order valence-electron chi connectivity index (χ0n) is 12.3. The molecule has 4 rings (SSSR count). The molecule has 24 heavy (non-hydrogen) atoms. The molecule has 1 aromatic heterocycles. The number of hydrogen-bond donors (Lipinski definition) is 2. The molecule has 0 aliphatic carbocycles. The second-order valence-corrected chi connectivity index (χ2v) is 6.04. The smallest absolute Gasteiger partial charge is 0.325 e. The van der Waals surface area contributed by atoms with Crippen molar-refractivity contribution in [3.63, 3.8) is 0 Å². The lowest BCUT2D eigenvalue weighted by Crippen LogP contribution is -2.19. The van der Waals surface area contributed by atoms with Crippen LogP contribution >= 0.6 is 11.8 Å². The van der Waals surface area contributed by atoms with E-state index < -0.39 is 0 Å². The summed E-state index contributed by atoms with van der Waals surface area (Å²) >= 11 is 1.17. The zero-order chi connectivity index (χ0) is 16.5. The van der Waals surface area contributed by atoms with Gasteiger partial charge in [0.15, 0.2) is 10.8 Å². The zero-order valence-corrected chi connectivity index (χ0v) is 13.1. The van der Waals surface area contributed by atoms with Gasteiger partial charge in [-0.1, -0.05) is 30.3 Å². The topological polar surface area (TPSA) is 87.7 Å². The van der Waals surface area contributed by atoms with Crippen molar-refractivity contribution < 1.29 is 14.3 Å². The number of fused-ring (bicyclic) bond motifs is 1. The minimum Gasteiger partial charge on any atom is -0.507 e. The maximum absolute atomic E-state index is 12.0. The number of amides is 1. The molecule has 0 spiro atoms. The summed E-state index contributed by atoms with van der Waals surface area (Å²) in [6.45, 7) is 0. The Morgan fingerprint density at radius 1 is 1.17 bits per heavy atom. The van der Waals surface area contributed by atoms with Crippen molar-refractivity contribution in [1.82, 2.24) is 10.3 Å². The summed E-state index contributed by atoms with van der Waals surface area (Å²) in [5.74, 6) is -0.166. The number of rotatable bonds is 2. The molecule has 0 atom stereocenters. The van der Waals surface area contributed by atoms with Gasteiger partial charge in [-0.05, 0) is 36.0 Å². The fourth-order valence-corrected chi connectivity index (χ4v) is 3.03. The van der Waals surface area contributed by atoms with E-state index in [2.05, 4.69) is 15.3 Å². The average molecular weight is 337 g/mol. The highest BCUT2D eigenvalue weighted by molar-refractivity contribution is 8.18. The monoisotopic (exact) mass is 337 g/mol. The first-order valence-corrected chi connectivity index (χ1v) is 7.94. The van der Waals surface area contributed by atoms with Crippen molar-refractivity contribution in [1.29, 1.82) is 0 Å². The van der Waals surface area contributed by atoms with E-state index >= 15 is 0 Å². The number of oxazole rings is 1. The number of phenols is 1. The van der Waals surface area contributed by atoms with Crippen LogP contribution in [0.15, 0.2) is 62.8 Å². The van der Waals surface area contributed by atoms with Crippen molar-refractivity contribution in [2.24, 2.45) is 4.99 Å². The Hall–Kier alpha value is -3.06. The highest BCUT2D eigenvalue weighted by atomic mass is 32.2. The number of hydrogen-bond acceptors (Lipinski definition) is 6. The Labute approximate surface area is 140 Å². The Bertz CT molecular complexity index is 974. The number of thioether (sulfide) groups is 1. The van der Waals surface area contributed by atoms with Crippen LogP contribution in [-0.4, -0.2) is 21.2 Å². The molecule has 0 radical (unpaired) electrons. The molecular weight excluding hydrogens is 326 g/mol. The molecule has 1 aliphatic rings. The van der Waals surface area contributed by atoms with E-state index in [1.165, 1.54) is 11.8 Å². The number of aromatic hydroxyl groups is 1. The summed E-state index contributed by atoms with van der Waals surface area (Å²) in [5.41, 5.74) is 1.91. The van der Waals surface area contributed by atoms with Crippen molar-refractivity contribution in [3.05, 3.63) is 59.0 Å². The number of aliphatic imine (C=N–C) groups is 1. The second kappa shape index (κ2) is 5.86. The quantitative estimate of drug-likeness (QED) is 0.700. The van der Waals surface area contributed by atoms with Gasteiger partial charge in [0.1, 0.15) is 11.3 Å². The maximum atomic E-state index is 12.0. The molecule has 118 valence electrons. The lowest BCUT2D eigenvalue weighted by Gasteiger charge is -1.97. The lowest BCUT2D eigenvalue weighted by molar-refractivity contribution is -0.115. The van der Waals surface area contributed by atoms with Gasteiger partial charge >= 0.3 is 6.01 Å². The molecule has 1 saturated heterocycles. The SMILES string of the molecule is O=C1N/C(=N\c2nc3ccccc3o2)S/C1=C/c1ccccc1O. The largest absolute Gasteiger partial charge is 0.507 e. The first-order valence-electron chi connectivity index (χ1n) is 7.12. The van der Waals surface area contributed by atoms with Crippen molar-refractivity contribution in [2.45, 2.75) is 0 Å². The van der Waals surface area contributed by atoms with Gasteiger partial charge in [0.25, 0.3) is 5.91 Å². The minimum atomic E-state index is -0.280. The Kier molecular flexibility index (Phi) is 3.55. The second-order valence-electron chi connectivity index (χ2n) is 5.00. The summed E-state index contributed by atoms with van der Waals surface area (Å²) in [4.78, 5) is 21.0. The lowest BCUT2D eigenvalue weighted by atomic mass is 10.2. The summed E-state index contributed by atoms with van der Waals surface area (Å²) < 4.78 is 5.52. The number of carbonyl (C=O) groups is 1. The number of nitrogens with one attached hydrogen (secondary N) is 1. The van der Waals surface area contributed by atoms with Gasteiger partial charge in [0.2, 0.25) is 0 Å². The van der Waals surface area contributed by atoms with E-state index in [1.807, 2.05) is 18.2 Å². The molecule has 1 amide bonds. The van der Waals surface area contributed by atoms with E-state index in [1.54, 1.807) is 36.4 Å². The van der Waals surface area contributed by atoms with Crippen molar-refractivity contribution >= 4 is 46.0 Å². The Balaban J connectivity index is 1.62. The van der Waals surface area contributed by atoms with Crippen LogP contribution in [-0.2, 0) is 4.79 Å². The number of amidine groups is 1. The third-order valence-electron chi connectivity index (χ3n) is 3.35. The maximum Gasteiger partial charge on any atom is 0.325 e. The Morgan fingerprint density at radius 2 is 1.96 bits per heavy atom. The third-order valence-corrected chi connectivity index (χ3v) is 4.26. The standard InChI is InChI=1S/C17H11N3O3S/c21-12-7-3-1-5-10(12)9-14-15(22)19-17(24-14)20-16-18-11-6-2-4-8-13(11)23-16/h1-9,21H,(H,18,19,20,22)/b14-9+. The molecular formula is C17H11N3O3S. The molecule has 2 heterocycles. The van der Waals surface area contributed by atoms with Gasteiger partial charge < -0.3 is 14.8 Å². The Morgan fingerprint density at radius 3 is 2.79 bits per heavy atom. The molecule has 2 N–H and O–H groups in total. The number of aromatic nitrogens is 1. The first kappa shape index (κ1) is 14.5. The molecule has 1 fully saturated rings. The van der Waals surface area contributed by atoms with E-state index in [9.17, 15) is 9.90 Å². The molecule has 6 nitrogen and oxygen atoms in total. The highest BCUT2D eigenvalue weighted by Gasteiger charge is 2.24. The van der Waals surface area contributed by atoms with Crippen molar-refractivity contribution in [2.75, 3.05) is 0 Å². The molecule has 2 aromatic carbocycles. The molecule has 3 aromatic rings. The number of benzene rings is 2. The van der Waals surface area contributed by atoms with Gasteiger partial charge in [-0.2, -0.15) is 9.98 Å². The molecule has 0 unspecified atom stereocenters. The van der Waals surface area contributed by atoms with Gasteiger partial charge in [0.05, 0.1) is 4.91 Å². The molecule has 0 saturated carbocycles. The van der Waals surface area contributed by atoms with E-state index in [0.717, 1.165) is 0 Å². The fraction of sp³-hybridized carbons (Fsp3) is 0. The summed E-state index contributed by atoms with van der Waals surface area (Å²) in [5, 5.41) is 12.8. The van der Waals surface area contributed by atoms with E-state index in [-0.39, 0.29) is 17.7 Å². The predicted octanol–water partition coefficient (Wildman–Crippen LogP) is 3.43. The minimum absolute atomic E-state index is 0.114. The van der Waals surface area contributed by atoms with E-state index in [4.69, 9.17) is 4.42 Å². The van der Waals surface area contributed by atoms with Crippen LogP contribution in [0.25, 0.3) is 17.2 Å². The van der Waals surface area contributed by atoms with Gasteiger partial charge in [-0.15, -0.1) is 0 Å². The number of phenolic OH excluding ortho intramolecular Hbond substituents is 1. The molecule has 1 aliphatic heterocycles. The highest BCUT2D eigenvalue weighted by Crippen LogP contribution is 2.30.